The summed E-state index contributed by atoms with van der Waals surface area (Å²) in [6.07, 6.45) is 5.35. The standard InChI is InChI=1S/C14H18N2O4/c17-13(18)9-16(11-5-6-11)14(19)15(10-3-4-10)8-12-2-1-7-20-12/h1-2,7,10-11H,3-6,8-9H2,(H,17,18). The molecule has 6 nitrogen and oxygen atoms in total. The molecule has 2 aliphatic carbocycles. The van der Waals surface area contributed by atoms with E-state index in [2.05, 4.69) is 0 Å². The fourth-order valence-electron chi connectivity index (χ4n) is 2.36. The average Bonchev–Trinajstić information content (AvgIpc) is 3.32. The quantitative estimate of drug-likeness (QED) is 0.862. The average molecular weight is 278 g/mol. The number of rotatable bonds is 6. The number of hydrogen-bond donors (Lipinski definition) is 1. The van der Waals surface area contributed by atoms with Crippen molar-refractivity contribution in [2.45, 2.75) is 44.3 Å². The van der Waals surface area contributed by atoms with Gasteiger partial charge in [0.1, 0.15) is 12.3 Å². The lowest BCUT2D eigenvalue weighted by Gasteiger charge is -2.29. The van der Waals surface area contributed by atoms with Gasteiger partial charge in [-0.2, -0.15) is 0 Å². The highest BCUT2D eigenvalue weighted by atomic mass is 16.4. The molecule has 1 heterocycles. The third-order valence-corrected chi connectivity index (χ3v) is 3.68. The van der Waals surface area contributed by atoms with Gasteiger partial charge in [0, 0.05) is 12.1 Å². The zero-order valence-corrected chi connectivity index (χ0v) is 11.2. The summed E-state index contributed by atoms with van der Waals surface area (Å²) in [5, 5.41) is 8.97. The van der Waals surface area contributed by atoms with E-state index in [-0.39, 0.29) is 24.7 Å². The largest absolute Gasteiger partial charge is 0.480 e. The molecule has 2 fully saturated rings. The molecule has 6 heteroatoms. The topological polar surface area (TPSA) is 74.0 Å². The van der Waals surface area contributed by atoms with Crippen LogP contribution in [0.25, 0.3) is 0 Å². The first-order valence-electron chi connectivity index (χ1n) is 6.96. The normalized spacial score (nSPS) is 17.8. The number of nitrogens with zero attached hydrogens (tertiary/aromatic N) is 2. The Bertz CT molecular complexity index is 491. The van der Waals surface area contributed by atoms with Crippen LogP contribution in [0.2, 0.25) is 0 Å². The van der Waals surface area contributed by atoms with Crippen molar-refractivity contribution in [1.82, 2.24) is 9.80 Å². The first-order chi connectivity index (χ1) is 9.65. The Labute approximate surface area is 117 Å². The van der Waals surface area contributed by atoms with Gasteiger partial charge in [0.25, 0.3) is 0 Å². The Hall–Kier alpha value is -1.98. The second kappa shape index (κ2) is 5.19. The van der Waals surface area contributed by atoms with E-state index in [1.807, 2.05) is 6.07 Å². The van der Waals surface area contributed by atoms with Crippen molar-refractivity contribution in [3.05, 3.63) is 24.2 Å². The van der Waals surface area contributed by atoms with Gasteiger partial charge in [-0.05, 0) is 37.8 Å². The van der Waals surface area contributed by atoms with Gasteiger partial charge in [-0.25, -0.2) is 4.79 Å². The van der Waals surface area contributed by atoms with Crippen molar-refractivity contribution >= 4 is 12.0 Å². The lowest BCUT2D eigenvalue weighted by Crippen LogP contribution is -2.47. The van der Waals surface area contributed by atoms with E-state index in [1.54, 1.807) is 17.2 Å². The molecule has 1 aromatic heterocycles. The summed E-state index contributed by atoms with van der Waals surface area (Å²) in [7, 11) is 0. The molecule has 2 amide bonds. The van der Waals surface area contributed by atoms with Crippen LogP contribution in [0.1, 0.15) is 31.4 Å². The summed E-state index contributed by atoms with van der Waals surface area (Å²) >= 11 is 0. The van der Waals surface area contributed by atoms with Crippen LogP contribution in [-0.4, -0.2) is 45.5 Å². The maximum absolute atomic E-state index is 12.6. The van der Waals surface area contributed by atoms with E-state index in [4.69, 9.17) is 9.52 Å². The molecular weight excluding hydrogens is 260 g/mol. The summed E-state index contributed by atoms with van der Waals surface area (Å²) < 4.78 is 5.30. The molecule has 0 unspecified atom stereocenters. The number of urea groups is 1. The fourth-order valence-corrected chi connectivity index (χ4v) is 2.36. The minimum atomic E-state index is -0.959. The molecule has 2 saturated carbocycles. The van der Waals surface area contributed by atoms with Gasteiger partial charge in [-0.3, -0.25) is 4.79 Å². The Kier molecular flexibility index (Phi) is 3.38. The van der Waals surface area contributed by atoms with Crippen LogP contribution in [0.5, 0.6) is 0 Å². The van der Waals surface area contributed by atoms with Crippen molar-refractivity contribution in [2.75, 3.05) is 6.54 Å². The maximum atomic E-state index is 12.6. The van der Waals surface area contributed by atoms with Gasteiger partial charge >= 0.3 is 12.0 Å². The van der Waals surface area contributed by atoms with E-state index in [1.165, 1.54) is 4.90 Å². The summed E-state index contributed by atoms with van der Waals surface area (Å²) in [5.74, 6) is -0.227. The summed E-state index contributed by atoms with van der Waals surface area (Å²) in [4.78, 5) is 26.8. The van der Waals surface area contributed by atoms with E-state index in [0.717, 1.165) is 31.4 Å². The van der Waals surface area contributed by atoms with Gasteiger partial charge < -0.3 is 19.3 Å². The molecule has 20 heavy (non-hydrogen) atoms. The number of aliphatic carboxylic acids is 1. The van der Waals surface area contributed by atoms with Gasteiger partial charge in [0.05, 0.1) is 12.8 Å². The van der Waals surface area contributed by atoms with Crippen molar-refractivity contribution in [3.8, 4) is 0 Å². The lowest BCUT2D eigenvalue weighted by molar-refractivity contribution is -0.137. The maximum Gasteiger partial charge on any atom is 0.323 e. The molecule has 0 atom stereocenters. The Morgan fingerprint density at radius 3 is 2.35 bits per heavy atom. The first-order valence-corrected chi connectivity index (χ1v) is 6.96. The smallest absolute Gasteiger partial charge is 0.323 e. The van der Waals surface area contributed by atoms with E-state index < -0.39 is 5.97 Å². The highest BCUT2D eigenvalue weighted by Gasteiger charge is 2.41. The van der Waals surface area contributed by atoms with Crippen LogP contribution in [0.4, 0.5) is 4.79 Å². The van der Waals surface area contributed by atoms with E-state index in [9.17, 15) is 9.59 Å². The number of amides is 2. The number of carbonyl (C=O) groups excluding carboxylic acids is 1. The SMILES string of the molecule is O=C(O)CN(C(=O)N(Cc1ccco1)C1CC1)C1CC1. The van der Waals surface area contributed by atoms with Gasteiger partial charge in [-0.1, -0.05) is 0 Å². The molecule has 3 rings (SSSR count). The molecule has 0 aliphatic heterocycles. The van der Waals surface area contributed by atoms with Crippen LogP contribution in [-0.2, 0) is 11.3 Å². The second-order valence-electron chi connectivity index (χ2n) is 5.47. The minimum absolute atomic E-state index is 0.0939. The Morgan fingerprint density at radius 1 is 1.20 bits per heavy atom. The lowest BCUT2D eigenvalue weighted by atomic mass is 10.3. The number of carboxylic acids is 1. The zero-order valence-electron chi connectivity index (χ0n) is 11.2. The highest BCUT2D eigenvalue weighted by Crippen LogP contribution is 2.33. The third-order valence-electron chi connectivity index (χ3n) is 3.68. The zero-order chi connectivity index (χ0) is 14.1. The van der Waals surface area contributed by atoms with Crippen molar-refractivity contribution in [2.24, 2.45) is 0 Å². The Morgan fingerprint density at radius 2 is 1.85 bits per heavy atom. The molecular formula is C14H18N2O4. The third kappa shape index (κ3) is 2.95. The minimum Gasteiger partial charge on any atom is -0.480 e. The monoisotopic (exact) mass is 278 g/mol. The molecule has 0 bridgehead atoms. The molecule has 0 aromatic carbocycles. The van der Waals surface area contributed by atoms with Crippen molar-refractivity contribution < 1.29 is 19.1 Å². The highest BCUT2D eigenvalue weighted by molar-refractivity contribution is 5.81. The Balaban J connectivity index is 1.71. The molecule has 0 spiro atoms. The number of furan rings is 1. The van der Waals surface area contributed by atoms with Crippen LogP contribution >= 0.6 is 0 Å². The molecule has 0 radical (unpaired) electrons. The van der Waals surface area contributed by atoms with E-state index >= 15 is 0 Å². The molecule has 108 valence electrons. The summed E-state index contributed by atoms with van der Waals surface area (Å²) in [6, 6.07) is 3.77. The summed E-state index contributed by atoms with van der Waals surface area (Å²) in [5.41, 5.74) is 0. The van der Waals surface area contributed by atoms with Crippen LogP contribution < -0.4 is 0 Å². The fraction of sp³-hybridized carbons (Fsp3) is 0.571. The predicted octanol–water partition coefficient (Wildman–Crippen LogP) is 1.91. The first kappa shape index (κ1) is 13.0. The van der Waals surface area contributed by atoms with Crippen LogP contribution in [0.15, 0.2) is 22.8 Å². The van der Waals surface area contributed by atoms with Gasteiger partial charge in [0.2, 0.25) is 0 Å². The molecule has 1 aromatic rings. The van der Waals surface area contributed by atoms with Crippen molar-refractivity contribution in [1.29, 1.82) is 0 Å². The van der Waals surface area contributed by atoms with Crippen LogP contribution in [0, 0.1) is 0 Å². The molecule has 1 N–H and O–H groups in total. The summed E-state index contributed by atoms with van der Waals surface area (Å²) in [6.45, 7) is 0.199. The number of hydrogen-bond acceptors (Lipinski definition) is 3. The van der Waals surface area contributed by atoms with Crippen molar-refractivity contribution in [3.63, 3.8) is 0 Å². The van der Waals surface area contributed by atoms with Gasteiger partial charge in [-0.15, -0.1) is 0 Å². The molecule has 2 aliphatic rings. The van der Waals surface area contributed by atoms with Crippen LogP contribution in [0.3, 0.4) is 0 Å². The predicted molar refractivity (Wildman–Crippen MR) is 70.0 cm³/mol. The molecule has 0 saturated heterocycles. The van der Waals surface area contributed by atoms with E-state index in [0.29, 0.717) is 6.54 Å². The number of carboxylic acid groups (broad SMARTS) is 1. The number of carbonyl (C=O) groups is 2. The second-order valence-corrected chi connectivity index (χ2v) is 5.47. The van der Waals surface area contributed by atoms with Gasteiger partial charge in [0.15, 0.2) is 0 Å².